The maximum Gasteiger partial charge on any atom is 0.312 e. The van der Waals surface area contributed by atoms with E-state index in [0.717, 1.165) is 0 Å². The minimum Gasteiger partial charge on any atom is -0.490 e. The van der Waals surface area contributed by atoms with Crippen molar-refractivity contribution in [3.63, 3.8) is 0 Å². The maximum atomic E-state index is 13.4. The average Bonchev–Trinajstić information content (AvgIpc) is 3.20. The molecule has 0 bridgehead atoms. The minimum absolute atomic E-state index is 0.103. The summed E-state index contributed by atoms with van der Waals surface area (Å²) in [4.78, 5) is 31.1. The number of carboxylic acid groups (broad SMARTS) is 1. The zero-order valence-electron chi connectivity index (χ0n) is 15.0. The van der Waals surface area contributed by atoms with Gasteiger partial charge in [-0.1, -0.05) is 18.2 Å². The van der Waals surface area contributed by atoms with Gasteiger partial charge in [0.15, 0.2) is 11.4 Å². The molecular formula is C20H19N3O4. The summed E-state index contributed by atoms with van der Waals surface area (Å²) in [6.45, 7) is 4.26. The van der Waals surface area contributed by atoms with Crippen LogP contribution in [0.1, 0.15) is 34.6 Å². The van der Waals surface area contributed by atoms with Crippen molar-refractivity contribution in [1.29, 1.82) is 0 Å². The van der Waals surface area contributed by atoms with E-state index in [9.17, 15) is 14.7 Å². The Bertz CT molecular complexity index is 1060. The molecule has 1 N–H and O–H groups in total. The number of ether oxygens (including phenoxy) is 1. The molecule has 0 fully saturated rings. The predicted molar refractivity (Wildman–Crippen MR) is 99.6 cm³/mol. The molecule has 1 unspecified atom stereocenters. The van der Waals surface area contributed by atoms with Crippen LogP contribution in [0, 0.1) is 6.92 Å². The Kier molecular flexibility index (Phi) is 4.07. The zero-order valence-corrected chi connectivity index (χ0v) is 15.0. The van der Waals surface area contributed by atoms with E-state index < -0.39 is 11.9 Å². The number of carbonyl (C=O) groups excluding carboxylic acids is 1. The summed E-state index contributed by atoms with van der Waals surface area (Å²) < 4.78 is 7.32. The Labute approximate surface area is 155 Å². The highest BCUT2D eigenvalue weighted by Gasteiger charge is 2.38. The lowest BCUT2D eigenvalue weighted by atomic mass is 10.0. The Morgan fingerprint density at radius 3 is 2.78 bits per heavy atom. The van der Waals surface area contributed by atoms with Crippen molar-refractivity contribution >= 4 is 23.2 Å². The number of benzene rings is 1. The van der Waals surface area contributed by atoms with Gasteiger partial charge in [-0.2, -0.15) is 0 Å². The fraction of sp³-hybridized carbons (Fsp3) is 0.250. The van der Waals surface area contributed by atoms with Gasteiger partial charge in [0.2, 0.25) is 0 Å². The van der Waals surface area contributed by atoms with Gasteiger partial charge in [-0.15, -0.1) is 0 Å². The van der Waals surface area contributed by atoms with Crippen LogP contribution < -0.4 is 9.64 Å². The van der Waals surface area contributed by atoms with Crippen LogP contribution in [-0.4, -0.2) is 39.5 Å². The first kappa shape index (κ1) is 17.1. The minimum atomic E-state index is -0.939. The van der Waals surface area contributed by atoms with Gasteiger partial charge in [0.1, 0.15) is 11.6 Å². The third-order valence-electron chi connectivity index (χ3n) is 4.80. The van der Waals surface area contributed by atoms with Gasteiger partial charge in [-0.25, -0.2) is 4.98 Å². The van der Waals surface area contributed by atoms with Crippen LogP contribution in [-0.2, 0) is 4.79 Å². The Morgan fingerprint density at radius 1 is 1.26 bits per heavy atom. The van der Waals surface area contributed by atoms with Gasteiger partial charge in [0, 0.05) is 18.4 Å². The van der Waals surface area contributed by atoms with E-state index in [1.807, 2.05) is 13.0 Å². The first-order chi connectivity index (χ1) is 13.0. The molecule has 1 aliphatic rings. The summed E-state index contributed by atoms with van der Waals surface area (Å²) >= 11 is 0. The average molecular weight is 365 g/mol. The highest BCUT2D eigenvalue weighted by atomic mass is 16.5. The van der Waals surface area contributed by atoms with Crippen molar-refractivity contribution in [2.45, 2.75) is 19.8 Å². The molecule has 3 heterocycles. The molecule has 138 valence electrons. The van der Waals surface area contributed by atoms with Crippen LogP contribution in [0.4, 0.5) is 5.69 Å². The third kappa shape index (κ3) is 2.63. The van der Waals surface area contributed by atoms with Crippen molar-refractivity contribution in [3.05, 3.63) is 59.5 Å². The number of hydrogen-bond donors (Lipinski definition) is 1. The second-order valence-corrected chi connectivity index (χ2v) is 6.41. The highest BCUT2D eigenvalue weighted by molar-refractivity contribution is 6.09. The van der Waals surface area contributed by atoms with Crippen molar-refractivity contribution in [2.24, 2.45) is 0 Å². The molecule has 0 saturated heterocycles. The maximum absolute atomic E-state index is 13.4. The molecule has 7 heteroatoms. The van der Waals surface area contributed by atoms with Gasteiger partial charge in [-0.3, -0.25) is 14.0 Å². The molecule has 1 aromatic carbocycles. The summed E-state index contributed by atoms with van der Waals surface area (Å²) in [5.41, 5.74) is 2.84. The number of aryl methyl sites for hydroxylation is 1. The number of fused-ring (bicyclic) bond motifs is 2. The summed E-state index contributed by atoms with van der Waals surface area (Å²) in [5, 5.41) is 9.54. The standard InChI is InChI=1S/C20H19N3O4/c1-3-27-16-9-6-10-22-17(12(2)21-18(16)22)19(24)23-11-14(20(25)26)13-7-4-5-8-15(13)23/h4-10,14H,3,11H2,1-2H3,(H,25,26). The molecule has 1 amide bonds. The topological polar surface area (TPSA) is 84.1 Å². The Balaban J connectivity index is 1.81. The largest absolute Gasteiger partial charge is 0.490 e. The lowest BCUT2D eigenvalue weighted by Gasteiger charge is -2.18. The number of anilines is 1. The van der Waals surface area contributed by atoms with Crippen LogP contribution in [0.25, 0.3) is 5.65 Å². The molecule has 27 heavy (non-hydrogen) atoms. The quantitative estimate of drug-likeness (QED) is 0.769. The van der Waals surface area contributed by atoms with Crippen LogP contribution in [0.15, 0.2) is 42.6 Å². The van der Waals surface area contributed by atoms with Crippen molar-refractivity contribution in [3.8, 4) is 5.75 Å². The van der Waals surface area contributed by atoms with Gasteiger partial charge in [0.05, 0.1) is 12.3 Å². The summed E-state index contributed by atoms with van der Waals surface area (Å²) in [6, 6.07) is 10.7. The van der Waals surface area contributed by atoms with Gasteiger partial charge < -0.3 is 14.7 Å². The molecule has 2 aromatic heterocycles. The summed E-state index contributed by atoms with van der Waals surface area (Å²) in [7, 11) is 0. The molecular weight excluding hydrogens is 346 g/mol. The number of carboxylic acids is 1. The van der Waals surface area contributed by atoms with Crippen molar-refractivity contribution < 1.29 is 19.4 Å². The molecule has 1 atom stereocenters. The monoisotopic (exact) mass is 365 g/mol. The highest BCUT2D eigenvalue weighted by Crippen LogP contribution is 2.37. The van der Waals surface area contributed by atoms with Gasteiger partial charge >= 0.3 is 5.97 Å². The summed E-state index contributed by atoms with van der Waals surface area (Å²) in [5.74, 6) is -1.34. The van der Waals surface area contributed by atoms with Crippen molar-refractivity contribution in [2.75, 3.05) is 18.1 Å². The van der Waals surface area contributed by atoms with E-state index in [4.69, 9.17) is 4.74 Å². The van der Waals surface area contributed by atoms with Crippen LogP contribution in [0.5, 0.6) is 5.75 Å². The number of aliphatic carboxylic acids is 1. The Hall–Kier alpha value is -3.35. The lowest BCUT2D eigenvalue weighted by molar-refractivity contribution is -0.138. The number of pyridine rings is 1. The normalized spacial score (nSPS) is 15.8. The second-order valence-electron chi connectivity index (χ2n) is 6.41. The van der Waals surface area contributed by atoms with E-state index in [-0.39, 0.29) is 12.5 Å². The molecule has 0 spiro atoms. The Morgan fingerprint density at radius 2 is 2.04 bits per heavy atom. The number of para-hydroxylation sites is 1. The van der Waals surface area contributed by atoms with Gasteiger partial charge in [0.25, 0.3) is 5.91 Å². The molecule has 4 rings (SSSR count). The number of imidazole rings is 1. The summed E-state index contributed by atoms with van der Waals surface area (Å²) in [6.07, 6.45) is 1.77. The number of carbonyl (C=O) groups is 2. The third-order valence-corrected chi connectivity index (χ3v) is 4.80. The van der Waals surface area contributed by atoms with E-state index in [0.29, 0.717) is 40.6 Å². The van der Waals surface area contributed by atoms with Crippen LogP contribution >= 0.6 is 0 Å². The molecule has 7 nitrogen and oxygen atoms in total. The first-order valence-electron chi connectivity index (χ1n) is 8.77. The number of nitrogens with zero attached hydrogens (tertiary/aromatic N) is 3. The van der Waals surface area contributed by atoms with Crippen molar-refractivity contribution in [1.82, 2.24) is 9.38 Å². The SMILES string of the molecule is CCOc1cccn2c(C(=O)N3CC(C(=O)O)c4ccccc43)c(C)nc12. The van der Waals surface area contributed by atoms with Crippen LogP contribution in [0.3, 0.4) is 0 Å². The number of rotatable bonds is 4. The fourth-order valence-corrected chi connectivity index (χ4v) is 3.62. The van der Waals surface area contributed by atoms with Crippen LogP contribution in [0.2, 0.25) is 0 Å². The lowest BCUT2D eigenvalue weighted by Crippen LogP contribution is -2.32. The predicted octanol–water partition coefficient (Wildman–Crippen LogP) is 2.87. The van der Waals surface area contributed by atoms with E-state index in [2.05, 4.69) is 4.98 Å². The zero-order chi connectivity index (χ0) is 19.1. The van der Waals surface area contributed by atoms with Gasteiger partial charge in [-0.05, 0) is 37.6 Å². The molecule has 0 saturated carbocycles. The van der Waals surface area contributed by atoms with E-state index in [1.54, 1.807) is 47.9 Å². The fourth-order valence-electron chi connectivity index (χ4n) is 3.62. The second kappa shape index (κ2) is 6.42. The molecule has 3 aromatic rings. The number of amides is 1. The van der Waals surface area contributed by atoms with E-state index >= 15 is 0 Å². The molecule has 0 aliphatic carbocycles. The molecule has 0 radical (unpaired) electrons. The molecule has 1 aliphatic heterocycles. The first-order valence-corrected chi connectivity index (χ1v) is 8.77. The number of hydrogen-bond acceptors (Lipinski definition) is 4. The van der Waals surface area contributed by atoms with E-state index in [1.165, 1.54) is 4.90 Å². The smallest absolute Gasteiger partial charge is 0.312 e. The number of aromatic nitrogens is 2.